The van der Waals surface area contributed by atoms with Crippen LogP contribution in [0.4, 0.5) is 5.13 Å². The lowest BCUT2D eigenvalue weighted by Crippen LogP contribution is -2.30. The summed E-state index contributed by atoms with van der Waals surface area (Å²) < 4.78 is 7.09. The summed E-state index contributed by atoms with van der Waals surface area (Å²) in [7, 11) is 1.63. The molecule has 1 aromatic heterocycles. The zero-order valence-electron chi connectivity index (χ0n) is 19.6. The zero-order valence-corrected chi connectivity index (χ0v) is 22.1. The topological polar surface area (TPSA) is 106 Å². The number of methoxy groups -OCH3 is 1. The third-order valence-electron chi connectivity index (χ3n) is 5.94. The van der Waals surface area contributed by atoms with E-state index in [0.29, 0.717) is 27.3 Å². The number of hydrogen-bond acceptors (Lipinski definition) is 8. The average molecular weight is 548 g/mol. The Hall–Kier alpha value is -3.73. The number of thiazole rings is 1. The number of hydrogen-bond donors (Lipinski definition) is 2. The molecule has 5 rings (SSSR count). The predicted molar refractivity (Wildman–Crippen MR) is 153 cm³/mol. The summed E-state index contributed by atoms with van der Waals surface area (Å²) >= 11 is 8.19. The Labute approximate surface area is 226 Å². The Kier molecular flexibility index (Phi) is 6.96. The van der Waals surface area contributed by atoms with E-state index in [0.717, 1.165) is 38.2 Å². The molecule has 0 radical (unpaired) electrons. The minimum absolute atomic E-state index is 0.143. The Balaban J connectivity index is 1.36. The van der Waals surface area contributed by atoms with E-state index in [-0.39, 0.29) is 11.5 Å². The van der Waals surface area contributed by atoms with Crippen molar-refractivity contribution in [3.8, 4) is 16.9 Å². The first kappa shape index (κ1) is 24.9. The van der Waals surface area contributed by atoms with Gasteiger partial charge in [0.1, 0.15) is 10.1 Å². The normalized spacial score (nSPS) is 14.6. The minimum atomic E-state index is -0.968. The highest BCUT2D eigenvalue weighted by molar-refractivity contribution is 8.26. The van der Waals surface area contributed by atoms with Gasteiger partial charge in [-0.25, -0.2) is 9.78 Å². The van der Waals surface area contributed by atoms with E-state index in [1.807, 2.05) is 42.5 Å². The monoisotopic (exact) mass is 547 g/mol. The third-order valence-corrected chi connectivity index (χ3v) is 8.16. The molecule has 1 aliphatic heterocycles. The smallest absolute Gasteiger partial charge is 0.335 e. The molecule has 0 unspecified atom stereocenters. The molecule has 186 valence electrons. The van der Waals surface area contributed by atoms with Gasteiger partial charge in [-0.15, -0.1) is 0 Å². The molecule has 0 saturated carbocycles. The molecule has 3 aromatic carbocycles. The van der Waals surface area contributed by atoms with Gasteiger partial charge in [-0.1, -0.05) is 59.6 Å². The first-order chi connectivity index (χ1) is 17.8. The number of nitrogen functional groups attached to an aromatic ring is 1. The van der Waals surface area contributed by atoms with Gasteiger partial charge in [0.2, 0.25) is 0 Å². The molecule has 1 aliphatic rings. The van der Waals surface area contributed by atoms with Crippen LogP contribution in [0.5, 0.6) is 5.75 Å². The number of anilines is 1. The van der Waals surface area contributed by atoms with Crippen LogP contribution in [0.25, 0.3) is 27.4 Å². The van der Waals surface area contributed by atoms with Crippen LogP contribution in [0.2, 0.25) is 0 Å². The van der Waals surface area contributed by atoms with Crippen LogP contribution in [0.3, 0.4) is 0 Å². The number of amides is 1. The highest BCUT2D eigenvalue weighted by Gasteiger charge is 2.31. The molecule has 0 atom stereocenters. The fourth-order valence-corrected chi connectivity index (χ4v) is 6.13. The van der Waals surface area contributed by atoms with E-state index in [1.165, 1.54) is 23.1 Å². The van der Waals surface area contributed by atoms with Crippen LogP contribution in [-0.2, 0) is 11.2 Å². The van der Waals surface area contributed by atoms with Gasteiger partial charge in [-0.2, -0.15) is 0 Å². The number of thioether (sulfide) groups is 1. The molecule has 1 amide bonds. The number of fused-ring (bicyclic) bond motifs is 1. The summed E-state index contributed by atoms with van der Waals surface area (Å²) in [6.45, 7) is 0.417. The van der Waals surface area contributed by atoms with Crippen LogP contribution >= 0.6 is 35.3 Å². The Morgan fingerprint density at radius 3 is 2.68 bits per heavy atom. The van der Waals surface area contributed by atoms with Gasteiger partial charge in [0.05, 0.1) is 27.8 Å². The fourth-order valence-electron chi connectivity index (χ4n) is 4.05. The Morgan fingerprint density at radius 1 is 1.16 bits per heavy atom. The number of ether oxygens (including phenoxy) is 1. The van der Waals surface area contributed by atoms with Crippen molar-refractivity contribution in [3.05, 3.63) is 82.3 Å². The van der Waals surface area contributed by atoms with Gasteiger partial charge in [0, 0.05) is 12.1 Å². The van der Waals surface area contributed by atoms with Crippen molar-refractivity contribution in [2.24, 2.45) is 0 Å². The van der Waals surface area contributed by atoms with E-state index >= 15 is 0 Å². The summed E-state index contributed by atoms with van der Waals surface area (Å²) in [6, 6.07) is 18.4. The van der Waals surface area contributed by atoms with E-state index in [4.69, 9.17) is 27.8 Å². The van der Waals surface area contributed by atoms with Crippen molar-refractivity contribution in [2.45, 2.75) is 6.42 Å². The van der Waals surface area contributed by atoms with Crippen LogP contribution in [0.1, 0.15) is 21.5 Å². The van der Waals surface area contributed by atoms with E-state index in [2.05, 4.69) is 4.98 Å². The fraction of sp³-hybridized carbons (Fsp3) is 0.111. The van der Waals surface area contributed by atoms with Crippen molar-refractivity contribution >= 4 is 72.9 Å². The summed E-state index contributed by atoms with van der Waals surface area (Å²) in [5.41, 5.74) is 10.6. The summed E-state index contributed by atoms with van der Waals surface area (Å²) in [4.78, 5) is 30.6. The molecule has 1 fully saturated rings. The number of nitrogens with zero attached hydrogens (tertiary/aromatic N) is 2. The van der Waals surface area contributed by atoms with E-state index < -0.39 is 5.97 Å². The zero-order chi connectivity index (χ0) is 26.1. The maximum absolute atomic E-state index is 13.1. The summed E-state index contributed by atoms with van der Waals surface area (Å²) in [5.74, 6) is -0.393. The predicted octanol–water partition coefficient (Wildman–Crippen LogP) is 5.70. The lowest BCUT2D eigenvalue weighted by molar-refractivity contribution is -0.122. The second-order valence-electron chi connectivity index (χ2n) is 8.28. The standard InChI is InChI=1S/C27H21N3O4S3/c1-34-21-9-4-16(12-19(21)18-7-8-20-22(14-18)36-26(28)29-20)13-23-24(31)30(27(35)37-23)11-10-15-2-5-17(6-3-15)25(32)33/h2-9,12-14H,10-11H2,1H3,(H2,28,29)(H,32,33)/b23-13-. The van der Waals surface area contributed by atoms with Crippen LogP contribution in [-0.4, -0.2) is 44.8 Å². The maximum atomic E-state index is 13.1. The van der Waals surface area contributed by atoms with Crippen molar-refractivity contribution in [3.63, 3.8) is 0 Å². The van der Waals surface area contributed by atoms with E-state index in [1.54, 1.807) is 36.3 Å². The Morgan fingerprint density at radius 2 is 1.95 bits per heavy atom. The number of thiocarbonyl (C=S) groups is 1. The molecule has 0 bridgehead atoms. The first-order valence-electron chi connectivity index (χ1n) is 11.2. The van der Waals surface area contributed by atoms with Crippen molar-refractivity contribution in [1.82, 2.24) is 9.88 Å². The number of carbonyl (C=O) groups excluding carboxylic acids is 1. The molecular weight excluding hydrogens is 527 g/mol. The van der Waals surface area contributed by atoms with Crippen molar-refractivity contribution in [1.29, 1.82) is 0 Å². The van der Waals surface area contributed by atoms with Crippen LogP contribution < -0.4 is 10.5 Å². The average Bonchev–Trinajstić information content (AvgIpc) is 3.39. The first-order valence-corrected chi connectivity index (χ1v) is 13.3. The molecular formula is C27H21N3O4S3. The molecule has 0 spiro atoms. The number of carboxylic acid groups (broad SMARTS) is 1. The van der Waals surface area contributed by atoms with Gasteiger partial charge in [-0.3, -0.25) is 9.69 Å². The molecule has 37 heavy (non-hydrogen) atoms. The second-order valence-corrected chi connectivity index (χ2v) is 11.0. The van der Waals surface area contributed by atoms with Crippen molar-refractivity contribution in [2.75, 3.05) is 19.4 Å². The lowest BCUT2D eigenvalue weighted by atomic mass is 10.0. The number of rotatable bonds is 7. The molecule has 3 N–H and O–H groups in total. The second kappa shape index (κ2) is 10.3. The third kappa shape index (κ3) is 5.22. The van der Waals surface area contributed by atoms with Crippen molar-refractivity contribution < 1.29 is 19.4 Å². The summed E-state index contributed by atoms with van der Waals surface area (Å²) in [5, 5.41) is 9.58. The van der Waals surface area contributed by atoms with E-state index in [9.17, 15) is 9.59 Å². The highest BCUT2D eigenvalue weighted by atomic mass is 32.2. The van der Waals surface area contributed by atoms with Crippen LogP contribution in [0, 0.1) is 0 Å². The number of aromatic nitrogens is 1. The number of benzene rings is 3. The highest BCUT2D eigenvalue weighted by Crippen LogP contribution is 2.37. The number of carbonyl (C=O) groups is 2. The van der Waals surface area contributed by atoms with Gasteiger partial charge in [0.15, 0.2) is 5.13 Å². The largest absolute Gasteiger partial charge is 0.496 e. The SMILES string of the molecule is COc1ccc(/C=C2\SC(=S)N(CCc3ccc(C(=O)O)cc3)C2=O)cc1-c1ccc2nc(N)sc2c1. The van der Waals surface area contributed by atoms with Gasteiger partial charge in [0.25, 0.3) is 5.91 Å². The minimum Gasteiger partial charge on any atom is -0.496 e. The lowest BCUT2D eigenvalue weighted by Gasteiger charge is -2.14. The number of carboxylic acids is 1. The summed E-state index contributed by atoms with van der Waals surface area (Å²) in [6.07, 6.45) is 2.41. The van der Waals surface area contributed by atoms with Gasteiger partial charge >= 0.3 is 5.97 Å². The maximum Gasteiger partial charge on any atom is 0.335 e. The van der Waals surface area contributed by atoms with Gasteiger partial charge < -0.3 is 15.6 Å². The van der Waals surface area contributed by atoms with Gasteiger partial charge in [-0.05, 0) is 65.6 Å². The number of aromatic carboxylic acids is 1. The molecule has 7 nitrogen and oxygen atoms in total. The Bertz CT molecular complexity index is 1580. The molecule has 0 aliphatic carbocycles. The quantitative estimate of drug-likeness (QED) is 0.224. The number of nitrogens with two attached hydrogens (primary N) is 1. The van der Waals surface area contributed by atoms with Crippen LogP contribution in [0.15, 0.2) is 65.6 Å². The molecule has 10 heteroatoms. The molecule has 2 heterocycles. The molecule has 1 saturated heterocycles. The molecule has 4 aromatic rings.